The van der Waals surface area contributed by atoms with Crippen LogP contribution in [0, 0.1) is 5.41 Å². The number of hydrogen-bond acceptors (Lipinski definition) is 6. The number of hydrogen-bond donors (Lipinski definition) is 0. The van der Waals surface area contributed by atoms with Crippen LogP contribution in [0.15, 0.2) is 59.1 Å². The molecule has 1 spiro atoms. The maximum absolute atomic E-state index is 6.31. The van der Waals surface area contributed by atoms with E-state index in [9.17, 15) is 0 Å². The monoisotopic (exact) mass is 460 g/mol. The lowest BCUT2D eigenvalue weighted by Gasteiger charge is -2.39. The fraction of sp³-hybridized carbons (Fsp3) is 0.304. The number of nitrogens with zero attached hydrogens (tertiary/aromatic N) is 6. The summed E-state index contributed by atoms with van der Waals surface area (Å²) in [6, 6.07) is 4.06. The van der Waals surface area contributed by atoms with Crippen LogP contribution in [0.25, 0.3) is 5.65 Å². The van der Waals surface area contributed by atoms with Crippen LogP contribution in [0.2, 0.25) is 5.02 Å². The molecule has 4 aromatic rings. The van der Waals surface area contributed by atoms with E-state index in [0.717, 1.165) is 60.2 Å². The van der Waals surface area contributed by atoms with Gasteiger partial charge in [0, 0.05) is 60.9 Å². The van der Waals surface area contributed by atoms with Gasteiger partial charge in [-0.3, -0.25) is 14.4 Å². The highest BCUT2D eigenvalue weighted by Gasteiger charge is 2.41. The summed E-state index contributed by atoms with van der Waals surface area (Å²) in [4.78, 5) is 22.5. The van der Waals surface area contributed by atoms with Gasteiger partial charge in [-0.15, -0.1) is 0 Å². The van der Waals surface area contributed by atoms with E-state index in [-0.39, 0.29) is 0 Å². The predicted molar refractivity (Wildman–Crippen MR) is 130 cm³/mol. The Morgan fingerprint density at radius 3 is 2.66 bits per heavy atom. The molecule has 0 saturated carbocycles. The van der Waals surface area contributed by atoms with Crippen molar-refractivity contribution in [2.75, 3.05) is 18.0 Å². The molecule has 9 heteroatoms. The summed E-state index contributed by atoms with van der Waals surface area (Å²) in [6.45, 7) is 1.99. The molecule has 1 saturated heterocycles. The van der Waals surface area contributed by atoms with Crippen LogP contribution in [0.1, 0.15) is 24.1 Å². The lowest BCUT2D eigenvalue weighted by Crippen LogP contribution is -2.42. The highest BCUT2D eigenvalue weighted by atomic mass is 35.5. The molecule has 0 amide bonds. The molecule has 1 fully saturated rings. The quantitative estimate of drug-likeness (QED) is 0.438. The van der Waals surface area contributed by atoms with Crippen LogP contribution in [0.4, 0.5) is 5.95 Å². The molecule has 6 nitrogen and oxygen atoms in total. The number of aromatic nitrogens is 5. The number of imidazole rings is 1. The second kappa shape index (κ2) is 7.78. The summed E-state index contributed by atoms with van der Waals surface area (Å²) in [5, 5.41) is 0.634. The Kier molecular flexibility index (Phi) is 4.88. The van der Waals surface area contributed by atoms with Gasteiger partial charge in [0.2, 0.25) is 5.95 Å². The Morgan fingerprint density at radius 2 is 1.84 bits per heavy atom. The molecule has 0 unspecified atom stereocenters. The normalized spacial score (nSPS) is 17.2. The first-order valence-corrected chi connectivity index (χ1v) is 12.1. The van der Waals surface area contributed by atoms with E-state index in [0.29, 0.717) is 10.4 Å². The van der Waals surface area contributed by atoms with E-state index >= 15 is 0 Å². The van der Waals surface area contributed by atoms with Gasteiger partial charge in [-0.05, 0) is 48.8 Å². The van der Waals surface area contributed by atoms with E-state index in [1.807, 2.05) is 30.9 Å². The summed E-state index contributed by atoms with van der Waals surface area (Å²) in [7, 11) is 2.22. The van der Waals surface area contributed by atoms with E-state index < -0.39 is 0 Å². The number of piperidine rings is 1. The molecule has 1 aliphatic heterocycles. The van der Waals surface area contributed by atoms with Crippen molar-refractivity contribution in [3.63, 3.8) is 0 Å². The van der Waals surface area contributed by atoms with Gasteiger partial charge < -0.3 is 4.90 Å². The Labute approximate surface area is 196 Å². The lowest BCUT2D eigenvalue weighted by molar-refractivity contribution is 0.230. The summed E-state index contributed by atoms with van der Waals surface area (Å²) >= 11 is 7.88. The van der Waals surface area contributed by atoms with Gasteiger partial charge >= 0.3 is 0 Å². The maximum Gasteiger partial charge on any atom is 0.211 e. The van der Waals surface area contributed by atoms with Crippen LogP contribution in [0.3, 0.4) is 0 Å². The first-order valence-electron chi connectivity index (χ1n) is 10.9. The number of rotatable bonds is 3. The van der Waals surface area contributed by atoms with Gasteiger partial charge in [0.05, 0.1) is 9.92 Å². The zero-order valence-electron chi connectivity index (χ0n) is 17.8. The van der Waals surface area contributed by atoms with Crippen molar-refractivity contribution in [1.29, 1.82) is 0 Å². The smallest absolute Gasteiger partial charge is 0.211 e. The Morgan fingerprint density at radius 1 is 0.969 bits per heavy atom. The van der Waals surface area contributed by atoms with E-state index in [2.05, 4.69) is 38.2 Å². The third kappa shape index (κ3) is 3.37. The summed E-state index contributed by atoms with van der Waals surface area (Å²) < 4.78 is 2.10. The first-order chi connectivity index (χ1) is 15.6. The molecular formula is C23H22BClN6S. The highest BCUT2D eigenvalue weighted by Crippen LogP contribution is 2.44. The van der Waals surface area contributed by atoms with Crippen LogP contribution in [0.5, 0.6) is 0 Å². The number of anilines is 1. The van der Waals surface area contributed by atoms with Crippen molar-refractivity contribution in [3.8, 4) is 0 Å². The second-order valence-electron chi connectivity index (χ2n) is 8.85. The molecule has 0 radical (unpaired) electrons. The number of pyridine rings is 2. The van der Waals surface area contributed by atoms with Gasteiger partial charge in [0.1, 0.15) is 7.85 Å². The minimum absolute atomic E-state index is 0.347. The molecular weight excluding hydrogens is 439 g/mol. The molecule has 0 N–H and O–H groups in total. The summed E-state index contributed by atoms with van der Waals surface area (Å²) in [6.07, 6.45) is 15.7. The average Bonchev–Trinajstić information content (AvgIpc) is 3.43. The molecule has 5 heterocycles. The van der Waals surface area contributed by atoms with Crippen LogP contribution >= 0.6 is 23.4 Å². The molecule has 0 atom stereocenters. The van der Waals surface area contributed by atoms with Crippen molar-refractivity contribution in [3.05, 3.63) is 65.6 Å². The molecule has 4 aromatic heterocycles. The van der Waals surface area contributed by atoms with Crippen molar-refractivity contribution in [2.24, 2.45) is 5.41 Å². The minimum Gasteiger partial charge on any atom is -0.342 e. The van der Waals surface area contributed by atoms with Crippen molar-refractivity contribution in [2.45, 2.75) is 35.5 Å². The Bertz CT molecular complexity index is 1320. The third-order valence-corrected chi connectivity index (χ3v) is 8.41. The van der Waals surface area contributed by atoms with Crippen molar-refractivity contribution in [1.82, 2.24) is 24.3 Å². The molecule has 0 bridgehead atoms. The largest absolute Gasteiger partial charge is 0.342 e. The number of halogens is 1. The van der Waals surface area contributed by atoms with Crippen LogP contribution in [-0.4, -0.2) is 45.3 Å². The predicted octanol–water partition coefficient (Wildman–Crippen LogP) is 2.97. The zero-order valence-corrected chi connectivity index (χ0v) is 19.4. The number of fused-ring (bicyclic) bond motifs is 2. The van der Waals surface area contributed by atoms with Crippen molar-refractivity contribution < 1.29 is 0 Å². The summed E-state index contributed by atoms with van der Waals surface area (Å²) in [5.74, 6) is 0.961. The van der Waals surface area contributed by atoms with Crippen LogP contribution < -0.4 is 10.4 Å². The van der Waals surface area contributed by atoms with Crippen molar-refractivity contribution >= 4 is 48.3 Å². The Balaban J connectivity index is 1.24. The van der Waals surface area contributed by atoms with Gasteiger partial charge in [-0.25, -0.2) is 9.97 Å². The first kappa shape index (κ1) is 20.1. The maximum atomic E-state index is 6.31. The zero-order chi connectivity index (χ0) is 21.7. The van der Waals surface area contributed by atoms with E-state index in [4.69, 9.17) is 16.6 Å². The molecule has 160 valence electrons. The molecule has 2 aliphatic rings. The highest BCUT2D eigenvalue weighted by molar-refractivity contribution is 7.99. The minimum atomic E-state index is 0.347. The fourth-order valence-corrected chi connectivity index (χ4v) is 6.22. The van der Waals surface area contributed by atoms with Gasteiger partial charge in [0.25, 0.3) is 0 Å². The van der Waals surface area contributed by atoms with Crippen LogP contribution in [-0.2, 0) is 12.8 Å². The third-order valence-electron chi connectivity index (χ3n) is 6.91. The van der Waals surface area contributed by atoms with Gasteiger partial charge in [0.15, 0.2) is 5.65 Å². The molecule has 32 heavy (non-hydrogen) atoms. The van der Waals surface area contributed by atoms with E-state index in [1.54, 1.807) is 24.2 Å². The fourth-order valence-electron chi connectivity index (χ4n) is 5.12. The summed E-state index contributed by atoms with van der Waals surface area (Å²) in [5.41, 5.74) is 5.43. The van der Waals surface area contributed by atoms with Gasteiger partial charge in [-0.2, -0.15) is 0 Å². The lowest BCUT2D eigenvalue weighted by atomic mass is 9.75. The average molecular weight is 461 g/mol. The molecule has 6 rings (SSSR count). The molecule has 0 aromatic carbocycles. The molecule has 1 aliphatic carbocycles. The standard InChI is InChI=1S/C23H22BClN6S/c24-16-1-6-27-18-12-23(11-15(16)18)3-8-30(9-4-23)22-29-14-20(21-28-7-10-31(21)22)32-19-2-5-26-13-17(19)25/h1-2,5-7,10,13-14H,3-4,8-9,11-12,24H2. The topological polar surface area (TPSA) is 59.2 Å². The Hall–Kier alpha value is -2.58. The van der Waals surface area contributed by atoms with E-state index in [1.165, 1.54) is 16.7 Å². The second-order valence-corrected chi connectivity index (χ2v) is 10.3. The van der Waals surface area contributed by atoms with Gasteiger partial charge in [-0.1, -0.05) is 28.8 Å². The SMILES string of the molecule is Bc1ccnc2c1CC1(CCN(c3ncc(Sc4ccncc4Cl)c4nccn34)CC1)C2.